The number of aromatic nitrogens is 3. The van der Waals surface area contributed by atoms with E-state index in [1.54, 1.807) is 24.1 Å². The van der Waals surface area contributed by atoms with E-state index in [4.69, 9.17) is 11.6 Å². The topological polar surface area (TPSA) is 67.1 Å². The van der Waals surface area contributed by atoms with Gasteiger partial charge in [0.25, 0.3) is 0 Å². The van der Waals surface area contributed by atoms with Crippen LogP contribution in [0.2, 0.25) is 5.02 Å². The lowest BCUT2D eigenvalue weighted by molar-refractivity contribution is 0.791. The summed E-state index contributed by atoms with van der Waals surface area (Å²) in [5, 5.41) is 11.0. The maximum absolute atomic E-state index is 5.92. The fraction of sp³-hybridized carbons (Fsp3) is 0.308. The van der Waals surface area contributed by atoms with Crippen molar-refractivity contribution < 1.29 is 0 Å². The molecule has 0 spiro atoms. The Morgan fingerprint density at radius 2 is 2.25 bits per heavy atom. The highest BCUT2D eigenvalue weighted by atomic mass is 35.5. The van der Waals surface area contributed by atoms with Crippen molar-refractivity contribution in [1.82, 2.24) is 25.4 Å². The maximum atomic E-state index is 5.92. The molecule has 0 radical (unpaired) electrons. The van der Waals surface area contributed by atoms with E-state index in [1.807, 2.05) is 26.1 Å². The second-order valence-corrected chi connectivity index (χ2v) is 4.65. The number of guanidine groups is 1. The lowest BCUT2D eigenvalue weighted by Crippen LogP contribution is -2.34. The molecule has 20 heavy (non-hydrogen) atoms. The lowest BCUT2D eigenvalue weighted by atomic mass is 10.2. The first-order valence-electron chi connectivity index (χ1n) is 6.19. The van der Waals surface area contributed by atoms with Crippen LogP contribution in [0.3, 0.4) is 0 Å². The van der Waals surface area contributed by atoms with Gasteiger partial charge < -0.3 is 10.6 Å². The van der Waals surface area contributed by atoms with Gasteiger partial charge in [-0.25, -0.2) is 9.67 Å². The van der Waals surface area contributed by atoms with Crippen LogP contribution < -0.4 is 10.6 Å². The molecule has 2 heterocycles. The monoisotopic (exact) mass is 292 g/mol. The van der Waals surface area contributed by atoms with Crippen LogP contribution in [0.4, 0.5) is 0 Å². The molecule has 0 aliphatic carbocycles. The summed E-state index contributed by atoms with van der Waals surface area (Å²) in [5.41, 5.74) is 1.93. The molecule has 0 amide bonds. The van der Waals surface area contributed by atoms with E-state index in [0.717, 1.165) is 23.0 Å². The number of nitrogens with one attached hydrogen (secondary N) is 2. The molecule has 2 aromatic rings. The van der Waals surface area contributed by atoms with Gasteiger partial charge in [0.05, 0.1) is 17.4 Å². The molecule has 2 rings (SSSR count). The Balaban J connectivity index is 2.29. The molecule has 0 aliphatic rings. The minimum atomic E-state index is 0.582. The quantitative estimate of drug-likeness (QED) is 0.665. The van der Waals surface area contributed by atoms with Crippen LogP contribution in [0.15, 0.2) is 29.5 Å². The molecule has 6 nitrogen and oxygen atoms in total. The van der Waals surface area contributed by atoms with Gasteiger partial charge in [0, 0.05) is 31.9 Å². The van der Waals surface area contributed by atoms with E-state index in [9.17, 15) is 0 Å². The zero-order valence-corrected chi connectivity index (χ0v) is 12.4. The van der Waals surface area contributed by atoms with Gasteiger partial charge in [-0.05, 0) is 13.0 Å². The zero-order chi connectivity index (χ0) is 14.5. The molecule has 2 N–H and O–H groups in total. The van der Waals surface area contributed by atoms with Crippen molar-refractivity contribution in [2.75, 3.05) is 14.1 Å². The van der Waals surface area contributed by atoms with E-state index in [1.165, 1.54) is 0 Å². The Hall–Kier alpha value is -2.08. The highest BCUT2D eigenvalue weighted by molar-refractivity contribution is 6.30. The smallest absolute Gasteiger partial charge is 0.190 e. The van der Waals surface area contributed by atoms with E-state index in [0.29, 0.717) is 11.6 Å². The number of aryl methyl sites for hydroxylation is 1. The lowest BCUT2D eigenvalue weighted by Gasteiger charge is -2.12. The Labute approximate surface area is 122 Å². The third-order valence-corrected chi connectivity index (χ3v) is 2.97. The summed E-state index contributed by atoms with van der Waals surface area (Å²) in [7, 11) is 3.54. The number of halogens is 1. The van der Waals surface area contributed by atoms with Crippen molar-refractivity contribution >= 4 is 17.6 Å². The first-order chi connectivity index (χ1) is 9.63. The van der Waals surface area contributed by atoms with Crippen molar-refractivity contribution in [1.29, 1.82) is 0 Å². The molecular weight excluding hydrogens is 276 g/mol. The number of hydrogen-bond acceptors (Lipinski definition) is 3. The molecule has 2 aromatic heterocycles. The SMILES string of the molecule is CN=C(NC)NCc1ccc(C)nc1-n1cc(Cl)cn1. The normalized spacial score (nSPS) is 11.5. The number of nitrogens with zero attached hydrogens (tertiary/aromatic N) is 4. The first-order valence-corrected chi connectivity index (χ1v) is 6.57. The molecule has 0 saturated heterocycles. The third kappa shape index (κ3) is 3.27. The standard InChI is InChI=1S/C13H17ClN6/c1-9-4-5-10(6-17-13(15-2)16-3)12(19-9)20-8-11(14)7-18-20/h4-5,7-8H,6H2,1-3H3,(H2,15,16,17). The van der Waals surface area contributed by atoms with Crippen molar-refractivity contribution in [3.8, 4) is 5.82 Å². The summed E-state index contributed by atoms with van der Waals surface area (Å²) >= 11 is 5.92. The van der Waals surface area contributed by atoms with Crippen LogP contribution in [0.5, 0.6) is 0 Å². The van der Waals surface area contributed by atoms with Gasteiger partial charge in [-0.1, -0.05) is 17.7 Å². The molecule has 7 heteroatoms. The van der Waals surface area contributed by atoms with Gasteiger partial charge >= 0.3 is 0 Å². The van der Waals surface area contributed by atoms with Crippen molar-refractivity contribution in [3.63, 3.8) is 0 Å². The summed E-state index contributed by atoms with van der Waals surface area (Å²) in [4.78, 5) is 8.60. The maximum Gasteiger partial charge on any atom is 0.190 e. The predicted molar refractivity (Wildman–Crippen MR) is 80.4 cm³/mol. The highest BCUT2D eigenvalue weighted by Crippen LogP contribution is 2.15. The summed E-state index contributed by atoms with van der Waals surface area (Å²) in [5.74, 6) is 1.48. The van der Waals surface area contributed by atoms with Gasteiger partial charge in [-0.3, -0.25) is 4.99 Å². The second-order valence-electron chi connectivity index (χ2n) is 4.21. The summed E-state index contributed by atoms with van der Waals surface area (Å²) in [6, 6.07) is 3.98. The molecule has 0 aliphatic heterocycles. The van der Waals surface area contributed by atoms with E-state index < -0.39 is 0 Å². The highest BCUT2D eigenvalue weighted by Gasteiger charge is 2.09. The van der Waals surface area contributed by atoms with Gasteiger partial charge in [-0.15, -0.1) is 0 Å². The average molecular weight is 293 g/mol. The fourth-order valence-electron chi connectivity index (χ4n) is 1.78. The number of pyridine rings is 1. The fourth-order valence-corrected chi connectivity index (χ4v) is 1.92. The molecule has 0 atom stereocenters. The van der Waals surface area contributed by atoms with Crippen molar-refractivity contribution in [2.24, 2.45) is 4.99 Å². The van der Waals surface area contributed by atoms with Gasteiger partial charge in [0.15, 0.2) is 11.8 Å². The largest absolute Gasteiger partial charge is 0.359 e. The first kappa shape index (κ1) is 14.3. The van der Waals surface area contributed by atoms with Crippen LogP contribution in [0, 0.1) is 6.92 Å². The Bertz CT molecular complexity index is 619. The molecule has 0 unspecified atom stereocenters. The van der Waals surface area contributed by atoms with Crippen LogP contribution in [-0.2, 0) is 6.54 Å². The molecule has 0 saturated carbocycles. The second kappa shape index (κ2) is 6.38. The molecule has 0 bridgehead atoms. The zero-order valence-electron chi connectivity index (χ0n) is 11.7. The third-order valence-electron chi connectivity index (χ3n) is 2.77. The van der Waals surface area contributed by atoms with Crippen LogP contribution in [-0.4, -0.2) is 34.8 Å². The number of hydrogen-bond donors (Lipinski definition) is 2. The van der Waals surface area contributed by atoms with Gasteiger partial charge in [-0.2, -0.15) is 5.10 Å². The van der Waals surface area contributed by atoms with Crippen LogP contribution in [0.25, 0.3) is 5.82 Å². The van der Waals surface area contributed by atoms with Gasteiger partial charge in [0.2, 0.25) is 0 Å². The van der Waals surface area contributed by atoms with Crippen LogP contribution >= 0.6 is 11.6 Å². The molecule has 0 fully saturated rings. The Kier molecular flexibility index (Phi) is 4.57. The number of rotatable bonds is 3. The summed E-state index contributed by atoms with van der Waals surface area (Å²) in [6.45, 7) is 2.53. The van der Waals surface area contributed by atoms with E-state index in [-0.39, 0.29) is 0 Å². The van der Waals surface area contributed by atoms with Crippen molar-refractivity contribution in [2.45, 2.75) is 13.5 Å². The predicted octanol–water partition coefficient (Wildman–Crippen LogP) is 1.52. The molecular formula is C13H17ClN6. The molecule has 106 valence electrons. The Morgan fingerprint density at radius 1 is 1.45 bits per heavy atom. The number of aliphatic imine (C=N–C) groups is 1. The molecule has 0 aromatic carbocycles. The Morgan fingerprint density at radius 3 is 2.85 bits per heavy atom. The van der Waals surface area contributed by atoms with E-state index in [2.05, 4.69) is 25.7 Å². The van der Waals surface area contributed by atoms with E-state index >= 15 is 0 Å². The van der Waals surface area contributed by atoms with Crippen molar-refractivity contribution in [3.05, 3.63) is 40.8 Å². The summed E-state index contributed by atoms with van der Waals surface area (Å²) < 4.78 is 1.68. The minimum Gasteiger partial charge on any atom is -0.359 e. The average Bonchev–Trinajstić information content (AvgIpc) is 2.87. The minimum absolute atomic E-state index is 0.582. The van der Waals surface area contributed by atoms with Gasteiger partial charge in [0.1, 0.15) is 0 Å². The van der Waals surface area contributed by atoms with Crippen LogP contribution in [0.1, 0.15) is 11.3 Å². The summed E-state index contributed by atoms with van der Waals surface area (Å²) in [6.07, 6.45) is 3.33.